The van der Waals surface area contributed by atoms with Crippen LogP contribution in [-0.2, 0) is 28.6 Å². The Bertz CT molecular complexity index is 310. The van der Waals surface area contributed by atoms with E-state index in [-0.39, 0.29) is 0 Å². The van der Waals surface area contributed by atoms with Crippen molar-refractivity contribution in [1.82, 2.24) is 0 Å². The molecule has 17 heavy (non-hydrogen) atoms. The van der Waals surface area contributed by atoms with Crippen molar-refractivity contribution in [2.45, 2.75) is 40.6 Å². The molecule has 0 aromatic rings. The standard InChI is InChI=1S/C11H16O6/c1-7(2)6-11(15-8(3)12,16-9(4)13)17-10(5)14/h6H,1-5H3. The molecule has 0 saturated carbocycles. The van der Waals surface area contributed by atoms with E-state index in [4.69, 9.17) is 14.2 Å². The van der Waals surface area contributed by atoms with Gasteiger partial charge in [-0.3, -0.25) is 14.4 Å². The van der Waals surface area contributed by atoms with Crippen LogP contribution in [0.3, 0.4) is 0 Å². The van der Waals surface area contributed by atoms with Crippen LogP contribution in [0, 0.1) is 0 Å². The highest BCUT2D eigenvalue weighted by molar-refractivity contribution is 5.71. The van der Waals surface area contributed by atoms with Crippen molar-refractivity contribution in [3.63, 3.8) is 0 Å². The summed E-state index contributed by atoms with van der Waals surface area (Å²) in [6.07, 6.45) is 1.23. The quantitative estimate of drug-likeness (QED) is 0.421. The summed E-state index contributed by atoms with van der Waals surface area (Å²) in [7, 11) is 0. The molecule has 0 amide bonds. The van der Waals surface area contributed by atoms with Gasteiger partial charge in [-0.05, 0) is 13.8 Å². The highest BCUT2D eigenvalue weighted by atomic mass is 16.9. The number of rotatable bonds is 4. The largest absolute Gasteiger partial charge is 0.446 e. The molecule has 0 aliphatic carbocycles. The zero-order chi connectivity index (χ0) is 13.6. The minimum absolute atomic E-state index is 0.647. The zero-order valence-electron chi connectivity index (χ0n) is 10.5. The summed E-state index contributed by atoms with van der Waals surface area (Å²) in [5, 5.41) is 0. The number of allylic oxidation sites excluding steroid dienone is 1. The van der Waals surface area contributed by atoms with Crippen LogP contribution >= 0.6 is 0 Å². The molecule has 0 aromatic carbocycles. The maximum Gasteiger partial charge on any atom is 0.446 e. The molecule has 0 aromatic heterocycles. The number of carbonyl (C=O) groups excluding carboxylic acids is 3. The van der Waals surface area contributed by atoms with Crippen molar-refractivity contribution in [2.75, 3.05) is 0 Å². The van der Waals surface area contributed by atoms with Gasteiger partial charge in [-0.2, -0.15) is 0 Å². The monoisotopic (exact) mass is 244 g/mol. The molecule has 6 nitrogen and oxygen atoms in total. The summed E-state index contributed by atoms with van der Waals surface area (Å²) in [4.78, 5) is 32.9. The maximum absolute atomic E-state index is 11.0. The van der Waals surface area contributed by atoms with Gasteiger partial charge in [-0.15, -0.1) is 0 Å². The first-order chi connectivity index (χ1) is 7.67. The number of carbonyl (C=O) groups is 3. The van der Waals surface area contributed by atoms with Crippen LogP contribution in [0.5, 0.6) is 0 Å². The van der Waals surface area contributed by atoms with Gasteiger partial charge in [0.25, 0.3) is 0 Å². The molecule has 0 heterocycles. The van der Waals surface area contributed by atoms with E-state index in [1.54, 1.807) is 13.8 Å². The third kappa shape index (κ3) is 6.34. The van der Waals surface area contributed by atoms with Gasteiger partial charge in [0.15, 0.2) is 0 Å². The number of esters is 3. The van der Waals surface area contributed by atoms with Gasteiger partial charge in [0.1, 0.15) is 0 Å². The fourth-order valence-electron chi connectivity index (χ4n) is 1.11. The average Bonchev–Trinajstić information content (AvgIpc) is 1.95. The van der Waals surface area contributed by atoms with Crippen molar-refractivity contribution in [3.05, 3.63) is 11.6 Å². The summed E-state index contributed by atoms with van der Waals surface area (Å²) in [5.74, 6) is -4.36. The van der Waals surface area contributed by atoms with Crippen molar-refractivity contribution < 1.29 is 28.6 Å². The second-order valence-electron chi connectivity index (χ2n) is 3.61. The third-order valence-electron chi connectivity index (χ3n) is 1.32. The fraction of sp³-hybridized carbons (Fsp3) is 0.545. The molecule has 0 radical (unpaired) electrons. The number of hydrogen-bond donors (Lipinski definition) is 0. The molecule has 0 bridgehead atoms. The van der Waals surface area contributed by atoms with Gasteiger partial charge in [-0.25, -0.2) is 0 Å². The molecule has 6 heteroatoms. The fourth-order valence-corrected chi connectivity index (χ4v) is 1.11. The van der Waals surface area contributed by atoms with Crippen LogP contribution in [0.15, 0.2) is 11.6 Å². The van der Waals surface area contributed by atoms with Gasteiger partial charge in [0.05, 0.1) is 0 Å². The van der Waals surface area contributed by atoms with Gasteiger partial charge < -0.3 is 14.2 Å². The molecule has 0 rings (SSSR count). The summed E-state index contributed by atoms with van der Waals surface area (Å²) in [6.45, 7) is 6.68. The molecule has 0 saturated heterocycles. The predicted molar refractivity (Wildman–Crippen MR) is 57.5 cm³/mol. The van der Waals surface area contributed by atoms with Crippen LogP contribution in [0.1, 0.15) is 34.6 Å². The maximum atomic E-state index is 11.0. The van der Waals surface area contributed by atoms with Gasteiger partial charge in [0.2, 0.25) is 0 Å². The van der Waals surface area contributed by atoms with Crippen molar-refractivity contribution in [2.24, 2.45) is 0 Å². The molecular weight excluding hydrogens is 228 g/mol. The summed E-state index contributed by atoms with van der Waals surface area (Å²) in [6, 6.07) is 0. The third-order valence-corrected chi connectivity index (χ3v) is 1.32. The SMILES string of the molecule is CC(=O)OC(C=C(C)C)(OC(C)=O)OC(C)=O. The van der Waals surface area contributed by atoms with Crippen molar-refractivity contribution in [1.29, 1.82) is 0 Å². The Morgan fingerprint density at radius 1 is 0.765 bits per heavy atom. The summed E-state index contributed by atoms with van der Waals surface area (Å²) >= 11 is 0. The first kappa shape index (κ1) is 15.2. The first-order valence-electron chi connectivity index (χ1n) is 4.91. The molecule has 0 atom stereocenters. The van der Waals surface area contributed by atoms with Crippen molar-refractivity contribution >= 4 is 17.9 Å². The molecule has 96 valence electrons. The van der Waals surface area contributed by atoms with E-state index < -0.39 is 23.9 Å². The smallest absolute Gasteiger partial charge is 0.385 e. The molecular formula is C11H16O6. The highest BCUT2D eigenvalue weighted by Gasteiger charge is 2.39. The highest BCUT2D eigenvalue weighted by Crippen LogP contribution is 2.20. The van der Waals surface area contributed by atoms with Crippen LogP contribution in [-0.4, -0.2) is 23.9 Å². The van der Waals surface area contributed by atoms with E-state index in [1.165, 1.54) is 6.08 Å². The number of ether oxygens (including phenoxy) is 3. The molecule has 0 aliphatic rings. The minimum atomic E-state index is -2.12. The van der Waals surface area contributed by atoms with E-state index in [0.29, 0.717) is 5.57 Å². The molecule has 0 unspecified atom stereocenters. The van der Waals surface area contributed by atoms with Gasteiger partial charge >= 0.3 is 23.9 Å². The summed E-state index contributed by atoms with van der Waals surface area (Å²) < 4.78 is 14.3. The Hall–Kier alpha value is -1.85. The average molecular weight is 244 g/mol. The second kappa shape index (κ2) is 6.03. The summed E-state index contributed by atoms with van der Waals surface area (Å²) in [5.41, 5.74) is 0.647. The number of hydrogen-bond acceptors (Lipinski definition) is 6. The van der Waals surface area contributed by atoms with Crippen LogP contribution in [0.25, 0.3) is 0 Å². The molecule has 0 aliphatic heterocycles. The Labute approximate surface area is 99.5 Å². The Morgan fingerprint density at radius 2 is 1.06 bits per heavy atom. The zero-order valence-corrected chi connectivity index (χ0v) is 10.5. The minimum Gasteiger partial charge on any atom is -0.385 e. The van der Waals surface area contributed by atoms with E-state index in [0.717, 1.165) is 20.8 Å². The van der Waals surface area contributed by atoms with Gasteiger partial charge in [-0.1, -0.05) is 5.57 Å². The van der Waals surface area contributed by atoms with E-state index >= 15 is 0 Å². The molecule has 0 spiro atoms. The lowest BCUT2D eigenvalue weighted by atomic mass is 10.3. The Balaban J connectivity index is 5.33. The van der Waals surface area contributed by atoms with E-state index in [1.807, 2.05) is 0 Å². The Morgan fingerprint density at radius 3 is 1.24 bits per heavy atom. The van der Waals surface area contributed by atoms with Crippen LogP contribution in [0.2, 0.25) is 0 Å². The predicted octanol–water partition coefficient (Wildman–Crippen LogP) is 1.30. The molecule has 0 N–H and O–H groups in total. The van der Waals surface area contributed by atoms with Crippen LogP contribution in [0.4, 0.5) is 0 Å². The normalized spacial score (nSPS) is 10.2. The lowest BCUT2D eigenvalue weighted by molar-refractivity contribution is -0.301. The van der Waals surface area contributed by atoms with E-state index in [2.05, 4.69) is 0 Å². The molecule has 0 fully saturated rings. The lowest BCUT2D eigenvalue weighted by Gasteiger charge is -2.27. The lowest BCUT2D eigenvalue weighted by Crippen LogP contribution is -2.41. The van der Waals surface area contributed by atoms with Crippen LogP contribution < -0.4 is 0 Å². The van der Waals surface area contributed by atoms with Gasteiger partial charge in [0, 0.05) is 26.8 Å². The first-order valence-corrected chi connectivity index (χ1v) is 4.91. The Kier molecular flexibility index (Phi) is 5.37. The topological polar surface area (TPSA) is 78.9 Å². The van der Waals surface area contributed by atoms with E-state index in [9.17, 15) is 14.4 Å². The van der Waals surface area contributed by atoms with Crippen molar-refractivity contribution in [3.8, 4) is 0 Å². The second-order valence-corrected chi connectivity index (χ2v) is 3.61.